The van der Waals surface area contributed by atoms with Crippen molar-refractivity contribution in [1.29, 1.82) is 0 Å². The Morgan fingerprint density at radius 3 is 2.27 bits per heavy atom. The van der Waals surface area contributed by atoms with Crippen molar-refractivity contribution in [2.75, 3.05) is 6.61 Å². The largest absolute Gasteiger partial charge is 0.461 e. The summed E-state index contributed by atoms with van der Waals surface area (Å²) in [5, 5.41) is 0. The zero-order valence-electron chi connectivity index (χ0n) is 12.5. The number of aldehydes is 1. The molecule has 0 radical (unpaired) electrons. The summed E-state index contributed by atoms with van der Waals surface area (Å²) in [4.78, 5) is 22.3. The SMILES string of the molecule is CC(C)Cc1ccc(C(=O)OCC(C=O)CC(F)(F)F)cc1. The first-order valence-electron chi connectivity index (χ1n) is 6.99. The third-order valence-electron chi connectivity index (χ3n) is 2.95. The third-order valence-corrected chi connectivity index (χ3v) is 2.95. The lowest BCUT2D eigenvalue weighted by Crippen LogP contribution is -2.22. The number of rotatable bonds is 7. The van der Waals surface area contributed by atoms with Gasteiger partial charge < -0.3 is 9.53 Å². The summed E-state index contributed by atoms with van der Waals surface area (Å²) >= 11 is 0. The van der Waals surface area contributed by atoms with E-state index < -0.39 is 31.1 Å². The van der Waals surface area contributed by atoms with E-state index in [1.807, 2.05) is 0 Å². The highest BCUT2D eigenvalue weighted by Gasteiger charge is 2.32. The minimum Gasteiger partial charge on any atom is -0.461 e. The minimum atomic E-state index is -4.46. The average molecular weight is 316 g/mol. The van der Waals surface area contributed by atoms with Crippen molar-refractivity contribution in [3.05, 3.63) is 35.4 Å². The summed E-state index contributed by atoms with van der Waals surface area (Å²) in [5.74, 6) is -1.62. The van der Waals surface area contributed by atoms with Crippen LogP contribution in [-0.2, 0) is 16.0 Å². The molecule has 122 valence electrons. The number of benzene rings is 1. The molecule has 0 aliphatic heterocycles. The van der Waals surface area contributed by atoms with Gasteiger partial charge in [0.1, 0.15) is 12.9 Å². The molecular formula is C16H19F3O3. The zero-order valence-corrected chi connectivity index (χ0v) is 12.5. The van der Waals surface area contributed by atoms with Crippen LogP contribution in [0.3, 0.4) is 0 Å². The highest BCUT2D eigenvalue weighted by molar-refractivity contribution is 5.89. The lowest BCUT2D eigenvalue weighted by atomic mass is 10.0. The summed E-state index contributed by atoms with van der Waals surface area (Å²) in [7, 11) is 0. The Bertz CT molecular complexity index is 492. The fraction of sp³-hybridized carbons (Fsp3) is 0.500. The molecular weight excluding hydrogens is 297 g/mol. The van der Waals surface area contributed by atoms with Crippen LogP contribution in [0.1, 0.15) is 36.2 Å². The Morgan fingerprint density at radius 2 is 1.82 bits per heavy atom. The quantitative estimate of drug-likeness (QED) is 0.567. The molecule has 1 aromatic rings. The van der Waals surface area contributed by atoms with E-state index in [-0.39, 0.29) is 11.8 Å². The maximum Gasteiger partial charge on any atom is 0.389 e. The fourth-order valence-corrected chi connectivity index (χ4v) is 1.96. The number of halogens is 3. The number of alkyl halides is 3. The average Bonchev–Trinajstić information content (AvgIpc) is 2.42. The van der Waals surface area contributed by atoms with Crippen molar-refractivity contribution < 1.29 is 27.5 Å². The maximum atomic E-state index is 12.2. The molecule has 0 saturated carbocycles. The van der Waals surface area contributed by atoms with Crippen LogP contribution in [-0.4, -0.2) is 25.0 Å². The Balaban J connectivity index is 2.56. The molecule has 1 rings (SSSR count). The van der Waals surface area contributed by atoms with Gasteiger partial charge in [0.25, 0.3) is 0 Å². The van der Waals surface area contributed by atoms with Crippen molar-refractivity contribution in [2.24, 2.45) is 11.8 Å². The summed E-state index contributed by atoms with van der Waals surface area (Å²) < 4.78 is 41.3. The van der Waals surface area contributed by atoms with Gasteiger partial charge in [-0.15, -0.1) is 0 Å². The van der Waals surface area contributed by atoms with Crippen molar-refractivity contribution >= 4 is 12.3 Å². The molecule has 1 aromatic carbocycles. The van der Waals surface area contributed by atoms with Crippen LogP contribution in [0.15, 0.2) is 24.3 Å². The van der Waals surface area contributed by atoms with Gasteiger partial charge in [-0.25, -0.2) is 4.79 Å². The van der Waals surface area contributed by atoms with Crippen molar-refractivity contribution in [2.45, 2.75) is 32.9 Å². The normalized spacial score (nSPS) is 13.0. The standard InChI is InChI=1S/C16H19F3O3/c1-11(2)7-12-3-5-14(6-4-12)15(21)22-10-13(9-20)8-16(17,18)19/h3-6,9,11,13H,7-8,10H2,1-2H3. The smallest absolute Gasteiger partial charge is 0.389 e. The summed E-state index contributed by atoms with van der Waals surface area (Å²) in [6.45, 7) is 3.57. The lowest BCUT2D eigenvalue weighted by Gasteiger charge is -2.13. The molecule has 0 spiro atoms. The predicted octanol–water partition coefficient (Wildman–Crippen LogP) is 3.81. The van der Waals surface area contributed by atoms with Crippen molar-refractivity contribution in [1.82, 2.24) is 0 Å². The molecule has 22 heavy (non-hydrogen) atoms. The molecule has 0 N–H and O–H groups in total. The van der Waals surface area contributed by atoms with Crippen LogP contribution < -0.4 is 0 Å². The molecule has 0 heterocycles. The first-order chi connectivity index (χ1) is 10.2. The van der Waals surface area contributed by atoms with E-state index in [0.717, 1.165) is 12.0 Å². The first kappa shape index (κ1) is 18.2. The van der Waals surface area contributed by atoms with Gasteiger partial charge in [0.05, 0.1) is 17.9 Å². The molecule has 3 nitrogen and oxygen atoms in total. The van der Waals surface area contributed by atoms with Crippen LogP contribution in [0.25, 0.3) is 0 Å². The van der Waals surface area contributed by atoms with E-state index >= 15 is 0 Å². The minimum absolute atomic E-state index is 0.159. The van der Waals surface area contributed by atoms with Gasteiger partial charge in [-0.3, -0.25) is 0 Å². The molecule has 1 unspecified atom stereocenters. The van der Waals surface area contributed by atoms with Crippen molar-refractivity contribution in [3.8, 4) is 0 Å². The van der Waals surface area contributed by atoms with Gasteiger partial charge in [-0.05, 0) is 30.0 Å². The molecule has 0 aliphatic carbocycles. The Kier molecular flexibility index (Phi) is 6.59. The number of hydrogen-bond acceptors (Lipinski definition) is 3. The maximum absolute atomic E-state index is 12.2. The summed E-state index contributed by atoms with van der Waals surface area (Å²) in [6, 6.07) is 6.70. The van der Waals surface area contributed by atoms with Gasteiger partial charge in [-0.2, -0.15) is 13.2 Å². The van der Waals surface area contributed by atoms with Gasteiger partial charge in [-0.1, -0.05) is 26.0 Å². The second-order valence-electron chi connectivity index (χ2n) is 5.61. The Morgan fingerprint density at radius 1 is 1.23 bits per heavy atom. The van der Waals surface area contributed by atoms with Crippen LogP contribution in [0.5, 0.6) is 0 Å². The lowest BCUT2D eigenvalue weighted by molar-refractivity contribution is -0.151. The number of ether oxygens (including phenoxy) is 1. The second-order valence-corrected chi connectivity index (χ2v) is 5.61. The molecule has 0 amide bonds. The first-order valence-corrected chi connectivity index (χ1v) is 6.99. The predicted molar refractivity (Wildman–Crippen MR) is 75.5 cm³/mol. The second kappa shape index (κ2) is 7.96. The highest BCUT2D eigenvalue weighted by atomic mass is 19.4. The van der Waals surface area contributed by atoms with Crippen LogP contribution >= 0.6 is 0 Å². The molecule has 1 atom stereocenters. The molecule has 0 aliphatic rings. The van der Waals surface area contributed by atoms with E-state index in [1.54, 1.807) is 24.3 Å². The topological polar surface area (TPSA) is 43.4 Å². The molecule has 0 fully saturated rings. The van der Waals surface area contributed by atoms with E-state index in [4.69, 9.17) is 4.74 Å². The number of carbonyl (C=O) groups is 2. The van der Waals surface area contributed by atoms with Crippen molar-refractivity contribution in [3.63, 3.8) is 0 Å². The third kappa shape index (κ3) is 6.74. The van der Waals surface area contributed by atoms with Gasteiger partial charge >= 0.3 is 12.1 Å². The van der Waals surface area contributed by atoms with Gasteiger partial charge in [0.2, 0.25) is 0 Å². The van der Waals surface area contributed by atoms with E-state index in [0.29, 0.717) is 5.92 Å². The molecule has 0 aromatic heterocycles. The fourth-order valence-electron chi connectivity index (χ4n) is 1.96. The summed E-state index contributed by atoms with van der Waals surface area (Å²) in [5.41, 5.74) is 1.32. The van der Waals surface area contributed by atoms with E-state index in [9.17, 15) is 22.8 Å². The van der Waals surface area contributed by atoms with Crippen LogP contribution in [0, 0.1) is 11.8 Å². The molecule has 6 heteroatoms. The zero-order chi connectivity index (χ0) is 16.8. The molecule has 0 saturated heterocycles. The Hall–Kier alpha value is -1.85. The summed E-state index contributed by atoms with van der Waals surface area (Å²) in [6.07, 6.45) is -4.73. The van der Waals surface area contributed by atoms with Crippen LogP contribution in [0.4, 0.5) is 13.2 Å². The van der Waals surface area contributed by atoms with Gasteiger partial charge in [0.15, 0.2) is 0 Å². The van der Waals surface area contributed by atoms with E-state index in [2.05, 4.69) is 13.8 Å². The monoisotopic (exact) mass is 316 g/mol. The van der Waals surface area contributed by atoms with Gasteiger partial charge in [0, 0.05) is 0 Å². The molecule has 0 bridgehead atoms. The Labute approximate surface area is 127 Å². The number of carbonyl (C=O) groups excluding carboxylic acids is 2. The van der Waals surface area contributed by atoms with Crippen LogP contribution in [0.2, 0.25) is 0 Å². The number of hydrogen-bond donors (Lipinski definition) is 0. The highest BCUT2D eigenvalue weighted by Crippen LogP contribution is 2.24. The number of esters is 1. The van der Waals surface area contributed by atoms with E-state index in [1.165, 1.54) is 0 Å².